The molecular weight excluding hydrogens is 354 g/mol. The van der Waals surface area contributed by atoms with E-state index in [2.05, 4.69) is 26.9 Å². The summed E-state index contributed by atoms with van der Waals surface area (Å²) in [7, 11) is 1.71. The second-order valence-corrected chi connectivity index (χ2v) is 8.10. The normalized spacial score (nSPS) is 30.9. The Hall–Kier alpha value is -2.60. The van der Waals surface area contributed by atoms with Gasteiger partial charge in [-0.25, -0.2) is 0 Å². The number of ether oxygens (including phenoxy) is 1. The van der Waals surface area contributed by atoms with Crippen molar-refractivity contribution in [2.75, 3.05) is 26.7 Å². The molecule has 4 aliphatic rings. The second-order valence-electron chi connectivity index (χ2n) is 8.10. The summed E-state index contributed by atoms with van der Waals surface area (Å²) >= 11 is 0. The number of amides is 1. The predicted molar refractivity (Wildman–Crippen MR) is 106 cm³/mol. The number of methoxy groups -OCH3 is 1. The van der Waals surface area contributed by atoms with E-state index >= 15 is 0 Å². The zero-order chi connectivity index (χ0) is 19.3. The number of rotatable bonds is 3. The number of carbonyl (C=O) groups excluding carboxylic acids is 1. The third kappa shape index (κ3) is 2.66. The molecular formula is C22H25N3O3. The van der Waals surface area contributed by atoms with Crippen molar-refractivity contribution in [2.45, 2.75) is 30.8 Å². The van der Waals surface area contributed by atoms with E-state index in [1.54, 1.807) is 13.2 Å². The highest BCUT2D eigenvalue weighted by molar-refractivity contribution is 5.94. The van der Waals surface area contributed by atoms with Crippen LogP contribution in [0.2, 0.25) is 0 Å². The van der Waals surface area contributed by atoms with Gasteiger partial charge in [0.25, 0.3) is 5.91 Å². The topological polar surface area (TPSA) is 65.6 Å². The maximum atomic E-state index is 13.4. The van der Waals surface area contributed by atoms with Gasteiger partial charge < -0.3 is 14.6 Å². The van der Waals surface area contributed by atoms with E-state index in [4.69, 9.17) is 4.74 Å². The van der Waals surface area contributed by atoms with Crippen molar-refractivity contribution in [1.82, 2.24) is 14.8 Å². The van der Waals surface area contributed by atoms with E-state index in [9.17, 15) is 9.59 Å². The Kier molecular flexibility index (Phi) is 4.23. The van der Waals surface area contributed by atoms with Crippen LogP contribution >= 0.6 is 0 Å². The Morgan fingerprint density at radius 1 is 1.11 bits per heavy atom. The van der Waals surface area contributed by atoms with E-state index in [-0.39, 0.29) is 23.4 Å². The molecule has 6 rings (SSSR count). The van der Waals surface area contributed by atoms with E-state index in [1.807, 2.05) is 12.1 Å². The Labute approximate surface area is 164 Å². The summed E-state index contributed by atoms with van der Waals surface area (Å²) in [6, 6.07) is 11.8. The summed E-state index contributed by atoms with van der Waals surface area (Å²) in [6.45, 7) is 2.90. The van der Waals surface area contributed by atoms with Crippen molar-refractivity contribution >= 4 is 5.91 Å². The number of hydrogen-bond donors (Lipinski definition) is 1. The number of piperidine rings is 3. The molecule has 4 aliphatic heterocycles. The molecule has 4 saturated heterocycles. The number of carbonyl (C=O) groups is 1. The first-order valence-corrected chi connectivity index (χ1v) is 10.0. The molecule has 1 amide bonds. The average Bonchev–Trinajstić information content (AvgIpc) is 3.17. The first-order chi connectivity index (χ1) is 13.7. The molecule has 2 aromatic rings. The molecule has 6 nitrogen and oxygen atoms in total. The van der Waals surface area contributed by atoms with Crippen LogP contribution in [0.3, 0.4) is 0 Å². The summed E-state index contributed by atoms with van der Waals surface area (Å²) in [4.78, 5) is 32.0. The molecule has 2 bridgehead atoms. The van der Waals surface area contributed by atoms with Crippen molar-refractivity contribution < 1.29 is 9.53 Å². The zero-order valence-corrected chi connectivity index (χ0v) is 16.0. The molecule has 6 heteroatoms. The number of pyridine rings is 1. The van der Waals surface area contributed by atoms with Gasteiger partial charge in [-0.3, -0.25) is 14.5 Å². The van der Waals surface area contributed by atoms with Crippen LogP contribution in [-0.4, -0.2) is 59.5 Å². The second kappa shape index (κ2) is 6.78. The molecule has 1 N–H and O–H groups in total. The lowest BCUT2D eigenvalue weighted by molar-refractivity contribution is -0.00351. The summed E-state index contributed by atoms with van der Waals surface area (Å²) < 4.78 is 5.65. The van der Waals surface area contributed by atoms with Gasteiger partial charge in [-0.05, 0) is 44.0 Å². The lowest BCUT2D eigenvalue weighted by atomic mass is 9.75. The highest BCUT2D eigenvalue weighted by atomic mass is 16.5. The average molecular weight is 379 g/mol. The van der Waals surface area contributed by atoms with Crippen LogP contribution < -0.4 is 10.3 Å². The van der Waals surface area contributed by atoms with Crippen molar-refractivity contribution in [2.24, 2.45) is 5.92 Å². The first-order valence-electron chi connectivity index (χ1n) is 10.0. The first kappa shape index (κ1) is 17.5. The van der Waals surface area contributed by atoms with Gasteiger partial charge in [0.15, 0.2) is 0 Å². The van der Waals surface area contributed by atoms with Gasteiger partial charge in [0.2, 0.25) is 5.56 Å². The van der Waals surface area contributed by atoms with Crippen molar-refractivity contribution in [1.29, 1.82) is 0 Å². The Balaban J connectivity index is 1.55. The molecule has 0 saturated carbocycles. The number of benzene rings is 1. The quantitative estimate of drug-likeness (QED) is 0.887. The largest absolute Gasteiger partial charge is 0.496 e. The Bertz CT molecular complexity index is 928. The van der Waals surface area contributed by atoms with Crippen LogP contribution in [0.15, 0.2) is 47.4 Å². The molecule has 1 aromatic heterocycles. The third-order valence-electron chi connectivity index (χ3n) is 6.82. The van der Waals surface area contributed by atoms with E-state index in [0.717, 1.165) is 31.7 Å². The van der Waals surface area contributed by atoms with Gasteiger partial charge in [-0.2, -0.15) is 0 Å². The number of nitrogens with zero attached hydrogens (tertiary/aromatic N) is 2. The summed E-state index contributed by atoms with van der Waals surface area (Å²) in [5.41, 5.74) is 1.55. The van der Waals surface area contributed by atoms with Crippen molar-refractivity contribution in [3.63, 3.8) is 0 Å². The molecule has 146 valence electrons. The van der Waals surface area contributed by atoms with Crippen LogP contribution in [-0.2, 0) is 0 Å². The highest BCUT2D eigenvalue weighted by Gasteiger charge is 2.55. The van der Waals surface area contributed by atoms with Gasteiger partial charge in [0.05, 0.1) is 18.7 Å². The number of fused-ring (bicyclic) bond motifs is 2. The number of likely N-dealkylation sites (tertiary alicyclic amines) is 1. The van der Waals surface area contributed by atoms with Crippen molar-refractivity contribution in [3.8, 4) is 5.75 Å². The molecule has 0 spiro atoms. The molecule has 0 aliphatic carbocycles. The molecule has 4 fully saturated rings. The number of para-hydroxylation sites is 1. The standard InChI is InChI=1S/C22H25N3O3/c1-28-18-5-3-2-4-16(18)17-13-25(22(27)15-6-7-19(26)23-12-15)20-14-8-10-24(11-9-14)21(17)20/h2-7,12,14,17,20-21H,8-11,13H2,1H3,(H,23,26)/t17-,20+,21+/m0/s1. The monoisotopic (exact) mass is 379 g/mol. The third-order valence-corrected chi connectivity index (χ3v) is 6.82. The summed E-state index contributed by atoms with van der Waals surface area (Å²) in [6.07, 6.45) is 3.84. The van der Waals surface area contributed by atoms with Gasteiger partial charge in [-0.1, -0.05) is 18.2 Å². The zero-order valence-electron chi connectivity index (χ0n) is 16.0. The lowest BCUT2D eigenvalue weighted by Crippen LogP contribution is -2.60. The minimum atomic E-state index is -0.189. The van der Waals surface area contributed by atoms with Crippen LogP contribution in [0, 0.1) is 5.92 Å². The Morgan fingerprint density at radius 2 is 1.89 bits per heavy atom. The van der Waals surface area contributed by atoms with Crippen LogP contribution in [0.4, 0.5) is 0 Å². The minimum Gasteiger partial charge on any atom is -0.496 e. The fourth-order valence-electron chi connectivity index (χ4n) is 5.61. The number of nitrogens with one attached hydrogen (secondary N) is 1. The van der Waals surface area contributed by atoms with Gasteiger partial charge in [-0.15, -0.1) is 0 Å². The van der Waals surface area contributed by atoms with Crippen LogP contribution in [0.1, 0.15) is 34.7 Å². The highest BCUT2D eigenvalue weighted by Crippen LogP contribution is 2.48. The number of hydrogen-bond acceptors (Lipinski definition) is 4. The van der Waals surface area contributed by atoms with Gasteiger partial charge in [0, 0.05) is 36.3 Å². The molecule has 28 heavy (non-hydrogen) atoms. The van der Waals surface area contributed by atoms with Gasteiger partial charge >= 0.3 is 0 Å². The minimum absolute atomic E-state index is 0.0115. The molecule has 3 atom stereocenters. The van der Waals surface area contributed by atoms with Gasteiger partial charge in [0.1, 0.15) is 5.75 Å². The van der Waals surface area contributed by atoms with E-state index in [0.29, 0.717) is 24.1 Å². The Morgan fingerprint density at radius 3 is 2.61 bits per heavy atom. The van der Waals surface area contributed by atoms with E-state index < -0.39 is 0 Å². The molecule has 0 unspecified atom stereocenters. The molecule has 5 heterocycles. The van der Waals surface area contributed by atoms with Crippen LogP contribution in [0.5, 0.6) is 5.75 Å². The fourth-order valence-corrected chi connectivity index (χ4v) is 5.61. The molecule has 1 aromatic carbocycles. The number of H-pyrrole nitrogens is 1. The number of aromatic nitrogens is 1. The number of aromatic amines is 1. The predicted octanol–water partition coefficient (Wildman–Crippen LogP) is 2.09. The maximum absolute atomic E-state index is 13.4. The van der Waals surface area contributed by atoms with Crippen molar-refractivity contribution in [3.05, 3.63) is 64.1 Å². The maximum Gasteiger partial charge on any atom is 0.255 e. The smallest absolute Gasteiger partial charge is 0.255 e. The summed E-state index contributed by atoms with van der Waals surface area (Å²) in [5, 5.41) is 0. The lowest BCUT2D eigenvalue weighted by Gasteiger charge is -2.51. The van der Waals surface area contributed by atoms with Crippen LogP contribution in [0.25, 0.3) is 0 Å². The van der Waals surface area contributed by atoms with E-state index in [1.165, 1.54) is 17.8 Å². The summed E-state index contributed by atoms with van der Waals surface area (Å²) in [5.74, 6) is 1.68. The molecule has 0 radical (unpaired) electrons. The SMILES string of the molecule is COc1ccccc1[C@@H]1CN(C(=O)c2ccc(=O)[nH]c2)[C@@H]2C3CCN(CC3)[C@@H]21. The fraction of sp³-hybridized carbons (Fsp3) is 0.455.